The van der Waals surface area contributed by atoms with E-state index in [1.165, 1.54) is 12.1 Å². The molecule has 0 radical (unpaired) electrons. The van der Waals surface area contributed by atoms with Crippen LogP contribution in [0.1, 0.15) is 17.3 Å². The van der Waals surface area contributed by atoms with E-state index < -0.39 is 12.3 Å². The molecular weight excluding hydrogens is 271 g/mol. The Morgan fingerprint density at radius 2 is 1.94 bits per heavy atom. The average Bonchev–Trinajstić information content (AvgIpc) is 2.27. The number of rotatable bonds is 4. The molecule has 0 fully saturated rings. The number of hydrogen-bond acceptors (Lipinski definition) is 2. The van der Waals surface area contributed by atoms with Gasteiger partial charge in [0.2, 0.25) is 0 Å². The van der Waals surface area contributed by atoms with E-state index in [1.54, 1.807) is 6.92 Å². The number of ether oxygens (including phenoxy) is 1. The summed E-state index contributed by atoms with van der Waals surface area (Å²) in [7, 11) is 0. The van der Waals surface area contributed by atoms with Gasteiger partial charge in [-0.15, -0.1) is 24.8 Å². The van der Waals surface area contributed by atoms with E-state index in [4.69, 9.17) is 11.6 Å². The van der Waals surface area contributed by atoms with E-state index in [9.17, 15) is 18.0 Å². The molecule has 0 bridgehead atoms. The Bertz CT molecular complexity index is 406. The molecule has 3 nitrogen and oxygen atoms in total. The number of benzene rings is 1. The molecule has 0 spiro atoms. The minimum atomic E-state index is -4.74. The first-order valence-corrected chi connectivity index (χ1v) is 5.58. The van der Waals surface area contributed by atoms with Gasteiger partial charge >= 0.3 is 6.36 Å². The molecule has 0 aliphatic carbocycles. The summed E-state index contributed by atoms with van der Waals surface area (Å²) >= 11 is 5.52. The van der Waals surface area contributed by atoms with Gasteiger partial charge < -0.3 is 10.1 Å². The second-order valence-corrected chi connectivity index (χ2v) is 3.91. The number of halogens is 4. The van der Waals surface area contributed by atoms with Gasteiger partial charge in [0, 0.05) is 17.5 Å². The van der Waals surface area contributed by atoms with Gasteiger partial charge in [-0.2, -0.15) is 0 Å². The minimum absolute atomic E-state index is 0.217. The van der Waals surface area contributed by atoms with Crippen molar-refractivity contribution in [3.05, 3.63) is 29.8 Å². The fourth-order valence-corrected chi connectivity index (χ4v) is 1.23. The molecule has 1 rings (SSSR count). The van der Waals surface area contributed by atoms with Crippen molar-refractivity contribution in [2.45, 2.75) is 19.3 Å². The summed E-state index contributed by atoms with van der Waals surface area (Å²) in [6.45, 7) is 1.71. The zero-order valence-corrected chi connectivity index (χ0v) is 10.2. The molecule has 1 aromatic carbocycles. The standard InChI is InChI=1S/C11H11ClF3NO2/c1-7(6-12)16-10(17)8-2-4-9(5-3-8)18-11(13,14)15/h2-5,7H,6H2,1H3,(H,16,17). The number of carbonyl (C=O) groups is 1. The molecule has 100 valence electrons. The molecule has 0 aromatic heterocycles. The Balaban J connectivity index is 2.68. The van der Waals surface area contributed by atoms with Crippen LogP contribution in [-0.4, -0.2) is 24.2 Å². The molecule has 7 heteroatoms. The van der Waals surface area contributed by atoms with E-state index in [0.29, 0.717) is 0 Å². The van der Waals surface area contributed by atoms with Crippen LogP contribution in [-0.2, 0) is 0 Å². The number of hydrogen-bond donors (Lipinski definition) is 1. The predicted octanol–water partition coefficient (Wildman–Crippen LogP) is 2.94. The molecule has 0 heterocycles. The third kappa shape index (κ3) is 4.83. The first-order chi connectivity index (χ1) is 8.31. The van der Waals surface area contributed by atoms with Gasteiger partial charge in [0.25, 0.3) is 5.91 Å². The van der Waals surface area contributed by atoms with Crippen molar-refractivity contribution in [2.24, 2.45) is 0 Å². The van der Waals surface area contributed by atoms with Crippen LogP contribution in [0.15, 0.2) is 24.3 Å². The van der Waals surface area contributed by atoms with E-state index in [0.717, 1.165) is 12.1 Å². The maximum absolute atomic E-state index is 11.9. The lowest BCUT2D eigenvalue weighted by Crippen LogP contribution is -2.33. The molecule has 0 saturated heterocycles. The van der Waals surface area contributed by atoms with E-state index in [1.807, 2.05) is 0 Å². The van der Waals surface area contributed by atoms with E-state index in [-0.39, 0.29) is 23.2 Å². The molecule has 0 aliphatic rings. The van der Waals surface area contributed by atoms with E-state index in [2.05, 4.69) is 10.1 Å². The normalized spacial score (nSPS) is 12.9. The number of amides is 1. The van der Waals surface area contributed by atoms with Crippen LogP contribution in [0.3, 0.4) is 0 Å². The molecule has 1 unspecified atom stereocenters. The van der Waals surface area contributed by atoms with Gasteiger partial charge in [0.05, 0.1) is 0 Å². The van der Waals surface area contributed by atoms with Gasteiger partial charge in [-0.1, -0.05) is 0 Å². The molecule has 1 N–H and O–H groups in total. The molecule has 1 amide bonds. The summed E-state index contributed by atoms with van der Waals surface area (Å²) in [5.41, 5.74) is 0.237. The van der Waals surface area contributed by atoms with Crippen molar-refractivity contribution < 1.29 is 22.7 Å². The van der Waals surface area contributed by atoms with Gasteiger partial charge in [0.1, 0.15) is 5.75 Å². The Morgan fingerprint density at radius 1 is 1.39 bits per heavy atom. The third-order valence-corrected chi connectivity index (χ3v) is 2.42. The van der Waals surface area contributed by atoms with Gasteiger partial charge in [0.15, 0.2) is 0 Å². The Kier molecular flexibility index (Phi) is 4.84. The second-order valence-electron chi connectivity index (χ2n) is 3.60. The summed E-state index contributed by atoms with van der Waals surface area (Å²) in [6.07, 6.45) is -4.74. The van der Waals surface area contributed by atoms with Crippen molar-refractivity contribution in [3.8, 4) is 5.75 Å². The first kappa shape index (κ1) is 14.6. The summed E-state index contributed by atoms with van der Waals surface area (Å²) < 4.78 is 39.4. The van der Waals surface area contributed by atoms with Crippen LogP contribution in [0.5, 0.6) is 5.75 Å². The lowest BCUT2D eigenvalue weighted by Gasteiger charge is -2.11. The van der Waals surface area contributed by atoms with Crippen LogP contribution in [0, 0.1) is 0 Å². The van der Waals surface area contributed by atoms with Crippen molar-refractivity contribution in [1.29, 1.82) is 0 Å². The second kappa shape index (κ2) is 5.95. The van der Waals surface area contributed by atoms with Gasteiger partial charge in [-0.05, 0) is 31.2 Å². The highest BCUT2D eigenvalue weighted by atomic mass is 35.5. The average molecular weight is 282 g/mol. The lowest BCUT2D eigenvalue weighted by molar-refractivity contribution is -0.274. The molecular formula is C11H11ClF3NO2. The van der Waals surface area contributed by atoms with Crippen LogP contribution >= 0.6 is 11.6 Å². The zero-order valence-electron chi connectivity index (χ0n) is 9.42. The van der Waals surface area contributed by atoms with Crippen LogP contribution in [0.25, 0.3) is 0 Å². The van der Waals surface area contributed by atoms with Gasteiger partial charge in [-0.3, -0.25) is 4.79 Å². The largest absolute Gasteiger partial charge is 0.573 e. The van der Waals surface area contributed by atoms with Crippen molar-refractivity contribution >= 4 is 17.5 Å². The Labute approximate surface area is 107 Å². The van der Waals surface area contributed by atoms with E-state index >= 15 is 0 Å². The fourth-order valence-electron chi connectivity index (χ4n) is 1.15. The third-order valence-electron chi connectivity index (χ3n) is 1.96. The minimum Gasteiger partial charge on any atom is -0.406 e. The summed E-state index contributed by atoms with van der Waals surface area (Å²) in [4.78, 5) is 11.6. The van der Waals surface area contributed by atoms with Crippen LogP contribution in [0.4, 0.5) is 13.2 Å². The summed E-state index contributed by atoms with van der Waals surface area (Å²) in [5.74, 6) is -0.521. The van der Waals surface area contributed by atoms with Gasteiger partial charge in [-0.25, -0.2) is 0 Å². The lowest BCUT2D eigenvalue weighted by atomic mass is 10.2. The van der Waals surface area contributed by atoms with Crippen LogP contribution < -0.4 is 10.1 Å². The number of alkyl halides is 4. The zero-order chi connectivity index (χ0) is 13.8. The SMILES string of the molecule is CC(CCl)NC(=O)c1ccc(OC(F)(F)F)cc1. The Morgan fingerprint density at radius 3 is 2.39 bits per heavy atom. The highest BCUT2D eigenvalue weighted by molar-refractivity contribution is 6.18. The Hall–Kier alpha value is -1.43. The quantitative estimate of drug-likeness (QED) is 0.862. The molecule has 1 atom stereocenters. The highest BCUT2D eigenvalue weighted by Crippen LogP contribution is 2.22. The topological polar surface area (TPSA) is 38.3 Å². The molecule has 1 aromatic rings. The predicted molar refractivity (Wildman–Crippen MR) is 60.8 cm³/mol. The summed E-state index contributed by atoms with van der Waals surface area (Å²) in [6, 6.07) is 4.43. The summed E-state index contributed by atoms with van der Waals surface area (Å²) in [5, 5.41) is 2.58. The van der Waals surface area contributed by atoms with Crippen LogP contribution in [0.2, 0.25) is 0 Å². The van der Waals surface area contributed by atoms with Crippen molar-refractivity contribution in [2.75, 3.05) is 5.88 Å². The molecule has 18 heavy (non-hydrogen) atoms. The monoisotopic (exact) mass is 281 g/mol. The van der Waals surface area contributed by atoms with Crippen molar-refractivity contribution in [3.63, 3.8) is 0 Å². The number of carbonyl (C=O) groups excluding carboxylic acids is 1. The molecule has 0 aliphatic heterocycles. The smallest absolute Gasteiger partial charge is 0.406 e. The van der Waals surface area contributed by atoms with Crippen molar-refractivity contribution in [1.82, 2.24) is 5.32 Å². The first-order valence-electron chi connectivity index (χ1n) is 5.04. The maximum Gasteiger partial charge on any atom is 0.573 e. The maximum atomic E-state index is 11.9. The highest BCUT2D eigenvalue weighted by Gasteiger charge is 2.31. The molecule has 0 saturated carbocycles. The number of nitrogens with one attached hydrogen (secondary N) is 1. The fraction of sp³-hybridized carbons (Fsp3) is 0.364.